The molecule has 1 saturated heterocycles. The highest BCUT2D eigenvalue weighted by Crippen LogP contribution is 2.37. The SMILES string of the molecule is CCCN1CCC(CNC)C1c1ccc(OCc2ccccc2)cc1. The fraction of sp³-hybridized carbons (Fsp3) is 0.455. The van der Waals surface area contributed by atoms with Gasteiger partial charge in [-0.25, -0.2) is 0 Å². The number of nitrogens with one attached hydrogen (secondary N) is 1. The van der Waals surface area contributed by atoms with Crippen LogP contribution in [0.15, 0.2) is 54.6 Å². The maximum Gasteiger partial charge on any atom is 0.119 e. The molecule has 0 saturated carbocycles. The third-order valence-corrected chi connectivity index (χ3v) is 5.07. The summed E-state index contributed by atoms with van der Waals surface area (Å²) in [6.07, 6.45) is 2.48. The highest BCUT2D eigenvalue weighted by Gasteiger charge is 2.34. The third kappa shape index (κ3) is 4.62. The summed E-state index contributed by atoms with van der Waals surface area (Å²) in [6, 6.07) is 19.6. The first-order valence-electron chi connectivity index (χ1n) is 9.47. The number of ether oxygens (including phenoxy) is 1. The maximum atomic E-state index is 5.93. The molecule has 0 amide bonds. The quantitative estimate of drug-likeness (QED) is 0.778. The average Bonchev–Trinajstić information content (AvgIpc) is 3.04. The van der Waals surface area contributed by atoms with Gasteiger partial charge in [0, 0.05) is 6.04 Å². The van der Waals surface area contributed by atoms with Crippen molar-refractivity contribution in [2.24, 2.45) is 5.92 Å². The van der Waals surface area contributed by atoms with E-state index in [-0.39, 0.29) is 0 Å². The number of likely N-dealkylation sites (tertiary alicyclic amines) is 1. The molecule has 1 N–H and O–H groups in total. The van der Waals surface area contributed by atoms with Crippen molar-refractivity contribution in [3.63, 3.8) is 0 Å². The molecule has 2 aromatic rings. The maximum absolute atomic E-state index is 5.93. The summed E-state index contributed by atoms with van der Waals surface area (Å²) in [4.78, 5) is 2.64. The fourth-order valence-electron chi connectivity index (χ4n) is 3.93. The number of benzene rings is 2. The van der Waals surface area contributed by atoms with Crippen LogP contribution in [-0.2, 0) is 6.61 Å². The van der Waals surface area contributed by atoms with E-state index in [1.165, 1.54) is 37.1 Å². The van der Waals surface area contributed by atoms with Crippen molar-refractivity contribution in [1.82, 2.24) is 10.2 Å². The lowest BCUT2D eigenvalue weighted by atomic mass is 9.93. The van der Waals surface area contributed by atoms with Crippen molar-refractivity contribution in [3.05, 3.63) is 65.7 Å². The third-order valence-electron chi connectivity index (χ3n) is 5.07. The minimum atomic E-state index is 0.524. The summed E-state index contributed by atoms with van der Waals surface area (Å²) in [5.74, 6) is 1.63. The molecule has 0 bridgehead atoms. The molecule has 0 aromatic heterocycles. The molecule has 0 radical (unpaired) electrons. The Morgan fingerprint density at radius 1 is 1.08 bits per heavy atom. The van der Waals surface area contributed by atoms with Crippen LogP contribution in [0, 0.1) is 5.92 Å². The predicted octanol–water partition coefficient (Wildman–Crippen LogP) is 4.26. The Bertz CT molecular complexity index is 612. The van der Waals surface area contributed by atoms with Gasteiger partial charge in [-0.3, -0.25) is 4.90 Å². The molecule has 0 spiro atoms. The van der Waals surface area contributed by atoms with E-state index in [0.29, 0.717) is 18.6 Å². The Balaban J connectivity index is 1.67. The number of hydrogen-bond donors (Lipinski definition) is 1. The lowest BCUT2D eigenvalue weighted by molar-refractivity contribution is 0.227. The van der Waals surface area contributed by atoms with Gasteiger partial charge >= 0.3 is 0 Å². The summed E-state index contributed by atoms with van der Waals surface area (Å²) in [7, 11) is 2.06. The van der Waals surface area contributed by atoms with Crippen LogP contribution in [0.1, 0.15) is 36.9 Å². The largest absolute Gasteiger partial charge is 0.489 e. The molecule has 25 heavy (non-hydrogen) atoms. The zero-order valence-corrected chi connectivity index (χ0v) is 15.4. The van der Waals surface area contributed by atoms with Crippen LogP contribution in [0.3, 0.4) is 0 Å². The van der Waals surface area contributed by atoms with Crippen LogP contribution in [0.2, 0.25) is 0 Å². The molecule has 2 unspecified atom stereocenters. The number of rotatable bonds is 8. The molecular formula is C22H30N2O. The second-order valence-electron chi connectivity index (χ2n) is 6.93. The molecule has 1 aliphatic rings. The Kier molecular flexibility index (Phi) is 6.48. The topological polar surface area (TPSA) is 24.5 Å². The zero-order chi connectivity index (χ0) is 17.5. The average molecular weight is 338 g/mol. The molecule has 2 aromatic carbocycles. The van der Waals surface area contributed by atoms with Crippen LogP contribution in [0.25, 0.3) is 0 Å². The van der Waals surface area contributed by atoms with E-state index >= 15 is 0 Å². The van der Waals surface area contributed by atoms with E-state index in [2.05, 4.69) is 60.6 Å². The van der Waals surface area contributed by atoms with Gasteiger partial charge in [0.1, 0.15) is 12.4 Å². The van der Waals surface area contributed by atoms with E-state index in [1.807, 2.05) is 18.2 Å². The van der Waals surface area contributed by atoms with Crippen LogP contribution in [0.5, 0.6) is 5.75 Å². The smallest absolute Gasteiger partial charge is 0.119 e. The van der Waals surface area contributed by atoms with E-state index in [9.17, 15) is 0 Å². The second-order valence-corrected chi connectivity index (χ2v) is 6.93. The minimum Gasteiger partial charge on any atom is -0.489 e. The van der Waals surface area contributed by atoms with Gasteiger partial charge in [0.15, 0.2) is 0 Å². The lowest BCUT2D eigenvalue weighted by Crippen LogP contribution is -2.29. The van der Waals surface area contributed by atoms with Gasteiger partial charge in [-0.05, 0) is 68.7 Å². The molecule has 3 rings (SSSR count). The van der Waals surface area contributed by atoms with E-state index < -0.39 is 0 Å². The summed E-state index contributed by atoms with van der Waals surface area (Å²) in [5, 5.41) is 3.37. The van der Waals surface area contributed by atoms with Gasteiger partial charge in [-0.15, -0.1) is 0 Å². The normalized spacial score (nSPS) is 20.7. The highest BCUT2D eigenvalue weighted by molar-refractivity contribution is 5.30. The number of nitrogens with zero attached hydrogens (tertiary/aromatic N) is 1. The summed E-state index contributed by atoms with van der Waals surface area (Å²) < 4.78 is 5.93. The van der Waals surface area contributed by atoms with Crippen molar-refractivity contribution in [2.75, 3.05) is 26.7 Å². The number of hydrogen-bond acceptors (Lipinski definition) is 3. The van der Waals surface area contributed by atoms with Crippen molar-refractivity contribution >= 4 is 0 Å². The molecule has 1 aliphatic heterocycles. The van der Waals surface area contributed by atoms with Gasteiger partial charge in [0.2, 0.25) is 0 Å². The van der Waals surface area contributed by atoms with Crippen molar-refractivity contribution in [2.45, 2.75) is 32.4 Å². The standard InChI is InChI=1S/C22H30N2O/c1-3-14-24-15-13-20(16-23-2)22(24)19-9-11-21(12-10-19)25-17-18-7-5-4-6-8-18/h4-12,20,22-23H,3,13-17H2,1-2H3. The van der Waals surface area contributed by atoms with Crippen molar-refractivity contribution in [3.8, 4) is 5.75 Å². The van der Waals surface area contributed by atoms with Gasteiger partial charge in [-0.2, -0.15) is 0 Å². The Morgan fingerprint density at radius 2 is 1.84 bits per heavy atom. The minimum absolute atomic E-state index is 0.524. The molecule has 134 valence electrons. The van der Waals surface area contributed by atoms with Crippen LogP contribution in [-0.4, -0.2) is 31.6 Å². The summed E-state index contributed by atoms with van der Waals surface area (Å²) in [5.41, 5.74) is 2.61. The second kappa shape index (κ2) is 9.02. The molecule has 3 nitrogen and oxygen atoms in total. The first-order valence-corrected chi connectivity index (χ1v) is 9.47. The van der Waals surface area contributed by atoms with Crippen LogP contribution in [0.4, 0.5) is 0 Å². The van der Waals surface area contributed by atoms with Gasteiger partial charge in [0.25, 0.3) is 0 Å². The molecule has 1 fully saturated rings. The van der Waals surface area contributed by atoms with E-state index in [0.717, 1.165) is 12.3 Å². The van der Waals surface area contributed by atoms with Gasteiger partial charge in [-0.1, -0.05) is 49.4 Å². The van der Waals surface area contributed by atoms with E-state index in [1.54, 1.807) is 0 Å². The Morgan fingerprint density at radius 3 is 2.52 bits per heavy atom. The predicted molar refractivity (Wildman–Crippen MR) is 104 cm³/mol. The van der Waals surface area contributed by atoms with Crippen LogP contribution >= 0.6 is 0 Å². The molecular weight excluding hydrogens is 308 g/mol. The summed E-state index contributed by atoms with van der Waals surface area (Å²) >= 11 is 0. The first kappa shape index (κ1) is 18.0. The lowest BCUT2D eigenvalue weighted by Gasteiger charge is -2.28. The van der Waals surface area contributed by atoms with Crippen LogP contribution < -0.4 is 10.1 Å². The summed E-state index contributed by atoms with van der Waals surface area (Å²) in [6.45, 7) is 6.35. The van der Waals surface area contributed by atoms with E-state index in [4.69, 9.17) is 4.74 Å². The van der Waals surface area contributed by atoms with Crippen molar-refractivity contribution in [1.29, 1.82) is 0 Å². The molecule has 0 aliphatic carbocycles. The monoisotopic (exact) mass is 338 g/mol. The Labute approximate surface area is 152 Å². The molecule has 1 heterocycles. The van der Waals surface area contributed by atoms with Gasteiger partial charge < -0.3 is 10.1 Å². The fourth-order valence-corrected chi connectivity index (χ4v) is 3.93. The highest BCUT2D eigenvalue weighted by atomic mass is 16.5. The van der Waals surface area contributed by atoms with Gasteiger partial charge in [0.05, 0.1) is 0 Å². The Hall–Kier alpha value is -1.84. The zero-order valence-electron chi connectivity index (χ0n) is 15.4. The molecule has 3 heteroatoms. The molecule has 2 atom stereocenters. The van der Waals surface area contributed by atoms with Crippen molar-refractivity contribution < 1.29 is 4.74 Å². The first-order chi connectivity index (χ1) is 12.3.